The second-order valence-electron chi connectivity index (χ2n) is 5.41. The molecule has 2 amide bonds. The number of halogens is 1. The molecular formula is C14H13ClN6O5S2. The predicted octanol–water partition coefficient (Wildman–Crippen LogP) is -0.0381. The van der Waals surface area contributed by atoms with Gasteiger partial charge in [-0.15, -0.1) is 11.8 Å². The molecule has 2 atom stereocenters. The van der Waals surface area contributed by atoms with Gasteiger partial charge < -0.3 is 21.0 Å². The molecule has 3 rings (SSSR count). The standard InChI is InChI=1S/C14H13ClN6O5S2/c1-26-19-6(9-18-14(16)28-20-9)10(22)17-7-11(23)21-8(13(24)25)5(2-3-15)4-27-12(7)21/h2-3,7,12H,4H2,1H3,(H,17,22)(H,24,25)(H2,16,18,20)/t7?,12-/m0/s1. The lowest BCUT2D eigenvalue weighted by Gasteiger charge is -2.49. The Kier molecular flexibility index (Phi) is 5.86. The van der Waals surface area contributed by atoms with E-state index in [-0.39, 0.29) is 22.4 Å². The van der Waals surface area contributed by atoms with Crippen LogP contribution >= 0.6 is 34.9 Å². The van der Waals surface area contributed by atoms with Crippen LogP contribution in [0.25, 0.3) is 0 Å². The Balaban J connectivity index is 1.80. The van der Waals surface area contributed by atoms with Crippen molar-refractivity contribution in [3.05, 3.63) is 28.7 Å². The van der Waals surface area contributed by atoms with E-state index in [4.69, 9.17) is 17.3 Å². The third-order valence-corrected chi connectivity index (χ3v) is 5.77. The van der Waals surface area contributed by atoms with Crippen LogP contribution in [0.4, 0.5) is 5.13 Å². The number of rotatable bonds is 6. The number of nitrogen functional groups attached to an aromatic ring is 1. The molecule has 28 heavy (non-hydrogen) atoms. The van der Waals surface area contributed by atoms with Gasteiger partial charge in [-0.25, -0.2) is 4.79 Å². The number of thioether (sulfide) groups is 1. The van der Waals surface area contributed by atoms with Crippen molar-refractivity contribution in [2.75, 3.05) is 18.6 Å². The zero-order valence-corrected chi connectivity index (χ0v) is 16.5. The Morgan fingerprint density at radius 1 is 1.54 bits per heavy atom. The van der Waals surface area contributed by atoms with Crippen LogP contribution in [0.1, 0.15) is 5.82 Å². The summed E-state index contributed by atoms with van der Waals surface area (Å²) in [6, 6.07) is -0.939. The molecule has 2 aliphatic rings. The Hall–Kier alpha value is -2.64. The number of hydrogen-bond donors (Lipinski definition) is 3. The summed E-state index contributed by atoms with van der Waals surface area (Å²) in [6.45, 7) is 0. The minimum atomic E-state index is -1.25. The van der Waals surface area contributed by atoms with Crippen molar-refractivity contribution < 1.29 is 24.3 Å². The largest absolute Gasteiger partial charge is 0.477 e. The molecule has 2 aliphatic heterocycles. The molecule has 0 aromatic carbocycles. The summed E-state index contributed by atoms with van der Waals surface area (Å²) in [5.74, 6) is -2.29. The summed E-state index contributed by atoms with van der Waals surface area (Å²) >= 11 is 7.72. The maximum absolute atomic E-state index is 12.6. The van der Waals surface area contributed by atoms with Crippen LogP contribution in [0.3, 0.4) is 0 Å². The summed E-state index contributed by atoms with van der Waals surface area (Å²) in [7, 11) is 1.24. The summed E-state index contributed by atoms with van der Waals surface area (Å²) in [6.07, 6.45) is 1.43. The van der Waals surface area contributed by atoms with Gasteiger partial charge in [-0.1, -0.05) is 16.8 Å². The normalized spacial score (nSPS) is 22.1. The van der Waals surface area contributed by atoms with E-state index in [1.807, 2.05) is 0 Å². The summed E-state index contributed by atoms with van der Waals surface area (Å²) < 4.78 is 3.90. The maximum atomic E-state index is 12.6. The zero-order valence-electron chi connectivity index (χ0n) is 14.2. The second kappa shape index (κ2) is 8.16. The number of nitrogens with two attached hydrogens (primary N) is 1. The van der Waals surface area contributed by atoms with Gasteiger partial charge in [0.25, 0.3) is 11.8 Å². The minimum Gasteiger partial charge on any atom is -0.477 e. The van der Waals surface area contributed by atoms with E-state index < -0.39 is 29.2 Å². The molecular weight excluding hydrogens is 432 g/mol. The number of fused-ring (bicyclic) bond motifs is 1. The van der Waals surface area contributed by atoms with Crippen molar-refractivity contribution in [2.24, 2.45) is 5.16 Å². The smallest absolute Gasteiger partial charge is 0.352 e. The lowest BCUT2D eigenvalue weighted by atomic mass is 10.0. The van der Waals surface area contributed by atoms with Crippen molar-refractivity contribution >= 4 is 63.5 Å². The van der Waals surface area contributed by atoms with Gasteiger partial charge in [0, 0.05) is 22.8 Å². The molecule has 11 nitrogen and oxygen atoms in total. The molecule has 1 aromatic rings. The Labute approximate surface area is 171 Å². The van der Waals surface area contributed by atoms with Crippen molar-refractivity contribution in [3.63, 3.8) is 0 Å². The minimum absolute atomic E-state index is 0.0394. The fraction of sp³-hybridized carbons (Fsp3) is 0.286. The topological polar surface area (TPSA) is 160 Å². The number of carbonyl (C=O) groups excluding carboxylic acids is 2. The number of nitrogens with one attached hydrogen (secondary N) is 1. The number of anilines is 1. The molecule has 1 saturated heterocycles. The Bertz CT molecular complexity index is 929. The van der Waals surface area contributed by atoms with Crippen molar-refractivity contribution in [1.29, 1.82) is 0 Å². The quantitative estimate of drug-likeness (QED) is 0.310. The predicted molar refractivity (Wildman–Crippen MR) is 103 cm³/mol. The van der Waals surface area contributed by atoms with Crippen molar-refractivity contribution in [2.45, 2.75) is 11.4 Å². The summed E-state index contributed by atoms with van der Waals surface area (Å²) in [4.78, 5) is 46.4. The van der Waals surface area contributed by atoms with Gasteiger partial charge in [0.2, 0.25) is 11.5 Å². The number of carboxylic acids is 1. The number of carboxylic acid groups (broad SMARTS) is 1. The molecule has 3 heterocycles. The number of carbonyl (C=O) groups is 3. The molecule has 0 radical (unpaired) electrons. The molecule has 14 heteroatoms. The molecule has 0 bridgehead atoms. The first-order chi connectivity index (χ1) is 13.4. The molecule has 1 unspecified atom stereocenters. The van der Waals surface area contributed by atoms with Gasteiger partial charge in [-0.3, -0.25) is 14.5 Å². The average Bonchev–Trinajstić information content (AvgIpc) is 3.09. The fourth-order valence-electron chi connectivity index (χ4n) is 2.66. The van der Waals surface area contributed by atoms with Crippen LogP contribution in [0.15, 0.2) is 28.0 Å². The highest BCUT2D eigenvalue weighted by atomic mass is 35.5. The highest BCUT2D eigenvalue weighted by Crippen LogP contribution is 2.40. The number of amides is 2. The van der Waals surface area contributed by atoms with Crippen LogP contribution in [0.5, 0.6) is 0 Å². The summed E-state index contributed by atoms with van der Waals surface area (Å²) in [5.41, 5.74) is 6.71. The molecule has 0 aliphatic carbocycles. The van der Waals surface area contributed by atoms with Gasteiger partial charge in [-0.2, -0.15) is 9.36 Å². The van der Waals surface area contributed by atoms with Gasteiger partial charge >= 0.3 is 5.97 Å². The first kappa shape index (κ1) is 20.1. The van der Waals surface area contributed by atoms with Crippen LogP contribution in [0, 0.1) is 0 Å². The van der Waals surface area contributed by atoms with E-state index >= 15 is 0 Å². The molecule has 1 fully saturated rings. The molecule has 0 saturated carbocycles. The Morgan fingerprint density at radius 2 is 2.29 bits per heavy atom. The molecule has 148 valence electrons. The zero-order chi connectivity index (χ0) is 20.4. The highest BCUT2D eigenvalue weighted by Gasteiger charge is 2.54. The van der Waals surface area contributed by atoms with Crippen molar-refractivity contribution in [1.82, 2.24) is 19.6 Å². The van der Waals surface area contributed by atoms with Crippen molar-refractivity contribution in [3.8, 4) is 0 Å². The number of aliphatic carboxylic acids is 1. The van der Waals surface area contributed by atoms with E-state index in [9.17, 15) is 19.5 Å². The van der Waals surface area contributed by atoms with E-state index in [0.717, 1.165) is 16.4 Å². The highest BCUT2D eigenvalue weighted by molar-refractivity contribution is 8.00. The van der Waals surface area contributed by atoms with Gasteiger partial charge in [0.15, 0.2) is 5.13 Å². The number of nitrogens with zero attached hydrogens (tertiary/aromatic N) is 4. The summed E-state index contributed by atoms with van der Waals surface area (Å²) in [5, 5.41) is 15.1. The lowest BCUT2D eigenvalue weighted by molar-refractivity contribution is -0.150. The van der Waals surface area contributed by atoms with Crippen LogP contribution < -0.4 is 11.1 Å². The van der Waals surface area contributed by atoms with E-state index in [1.165, 1.54) is 30.5 Å². The third kappa shape index (κ3) is 3.55. The molecule has 0 spiro atoms. The number of oxime groups is 1. The number of hydrogen-bond acceptors (Lipinski definition) is 10. The maximum Gasteiger partial charge on any atom is 0.352 e. The first-order valence-corrected chi connectivity index (χ1v) is 9.84. The van der Waals surface area contributed by atoms with E-state index in [1.54, 1.807) is 0 Å². The van der Waals surface area contributed by atoms with Crippen LogP contribution in [0.2, 0.25) is 0 Å². The SMILES string of the molecule is CON=C(C(=O)NC1C(=O)N2C(C(=O)O)=C(C=CCl)CS[C@@H]12)c1nsc(N)n1. The van der Waals surface area contributed by atoms with Gasteiger partial charge in [-0.05, 0) is 11.6 Å². The number of aromatic nitrogens is 2. The van der Waals surface area contributed by atoms with Crippen LogP contribution in [-0.4, -0.2) is 67.1 Å². The van der Waals surface area contributed by atoms with Gasteiger partial charge in [0.1, 0.15) is 24.2 Å². The van der Waals surface area contributed by atoms with E-state index in [0.29, 0.717) is 11.3 Å². The fourth-order valence-corrected chi connectivity index (χ4v) is 4.57. The van der Waals surface area contributed by atoms with E-state index in [2.05, 4.69) is 24.7 Å². The number of allylic oxidation sites excluding steroid dienone is 1. The lowest BCUT2D eigenvalue weighted by Crippen LogP contribution is -2.71. The molecule has 4 N–H and O–H groups in total. The average molecular weight is 445 g/mol. The second-order valence-corrected chi connectivity index (χ2v) is 7.55. The monoisotopic (exact) mass is 444 g/mol. The first-order valence-electron chi connectivity index (χ1n) is 7.58. The number of β-lactam (4-membered cyclic amide) rings is 1. The van der Waals surface area contributed by atoms with Gasteiger partial charge in [0.05, 0.1) is 0 Å². The Morgan fingerprint density at radius 3 is 2.86 bits per heavy atom. The third-order valence-electron chi connectivity index (χ3n) is 3.80. The van der Waals surface area contributed by atoms with Crippen LogP contribution in [-0.2, 0) is 19.2 Å². The molecule has 1 aromatic heterocycles.